The summed E-state index contributed by atoms with van der Waals surface area (Å²) in [7, 11) is 0. The molecule has 2 aromatic heterocycles. The summed E-state index contributed by atoms with van der Waals surface area (Å²) in [6.07, 6.45) is 2.56. The number of amides is 1. The molecule has 3 aromatic rings. The van der Waals surface area contributed by atoms with Crippen molar-refractivity contribution in [3.63, 3.8) is 0 Å². The van der Waals surface area contributed by atoms with Crippen LogP contribution < -0.4 is 5.32 Å². The summed E-state index contributed by atoms with van der Waals surface area (Å²) in [4.78, 5) is 20.7. The summed E-state index contributed by atoms with van der Waals surface area (Å²) in [6, 6.07) is 8.15. The molecule has 1 N–H and O–H groups in total. The van der Waals surface area contributed by atoms with Crippen molar-refractivity contribution >= 4 is 11.7 Å². The molecule has 0 unspecified atom stereocenters. The minimum absolute atomic E-state index is 0.0361. The zero-order chi connectivity index (χ0) is 17.1. The molecule has 0 aliphatic heterocycles. The van der Waals surface area contributed by atoms with E-state index in [-0.39, 0.29) is 5.91 Å². The van der Waals surface area contributed by atoms with E-state index in [1.54, 1.807) is 4.52 Å². The number of nitrogens with one attached hydrogen (secondary N) is 1. The van der Waals surface area contributed by atoms with Crippen LogP contribution in [0.2, 0.25) is 0 Å². The Bertz CT molecular complexity index is 884. The van der Waals surface area contributed by atoms with Gasteiger partial charge in [-0.3, -0.25) is 4.79 Å². The van der Waals surface area contributed by atoms with Gasteiger partial charge in [-0.25, -0.2) is 9.50 Å². The van der Waals surface area contributed by atoms with Crippen molar-refractivity contribution < 1.29 is 4.79 Å². The molecular formula is C18H21N5O. The van der Waals surface area contributed by atoms with Crippen LogP contribution >= 0.6 is 0 Å². The predicted octanol–water partition coefficient (Wildman–Crippen LogP) is 2.30. The second-order valence-corrected chi connectivity index (χ2v) is 6.00. The Hall–Kier alpha value is -2.76. The van der Waals surface area contributed by atoms with E-state index in [0.29, 0.717) is 25.2 Å². The number of nitrogens with zero attached hydrogens (tertiary/aromatic N) is 4. The molecule has 1 aromatic carbocycles. The Labute approximate surface area is 141 Å². The average Bonchev–Trinajstić information content (AvgIpc) is 3.01. The van der Waals surface area contributed by atoms with Crippen molar-refractivity contribution in [2.24, 2.45) is 0 Å². The normalized spacial score (nSPS) is 11.0. The lowest BCUT2D eigenvalue weighted by Gasteiger charge is -2.10. The Morgan fingerprint density at radius 1 is 1.25 bits per heavy atom. The number of fused-ring (bicyclic) bond motifs is 1. The molecule has 0 aliphatic carbocycles. The second-order valence-electron chi connectivity index (χ2n) is 6.00. The number of benzene rings is 1. The van der Waals surface area contributed by atoms with Crippen molar-refractivity contribution in [2.75, 3.05) is 0 Å². The van der Waals surface area contributed by atoms with Crippen molar-refractivity contribution in [1.82, 2.24) is 24.9 Å². The summed E-state index contributed by atoms with van der Waals surface area (Å²) < 4.78 is 1.72. The predicted molar refractivity (Wildman–Crippen MR) is 91.6 cm³/mol. The lowest BCUT2D eigenvalue weighted by Crippen LogP contribution is -2.23. The van der Waals surface area contributed by atoms with Crippen LogP contribution in [0.4, 0.5) is 0 Å². The van der Waals surface area contributed by atoms with Gasteiger partial charge >= 0.3 is 0 Å². The van der Waals surface area contributed by atoms with Crippen LogP contribution in [0, 0.1) is 20.8 Å². The summed E-state index contributed by atoms with van der Waals surface area (Å²) >= 11 is 0. The molecule has 0 fully saturated rings. The van der Waals surface area contributed by atoms with Crippen LogP contribution in [0.25, 0.3) is 5.78 Å². The lowest BCUT2D eigenvalue weighted by atomic mass is 10.1. The van der Waals surface area contributed by atoms with Gasteiger partial charge in [0.2, 0.25) is 5.91 Å². The van der Waals surface area contributed by atoms with Gasteiger partial charge in [0.05, 0.1) is 0 Å². The summed E-state index contributed by atoms with van der Waals surface area (Å²) in [5.74, 6) is 0.631. The van der Waals surface area contributed by atoms with E-state index >= 15 is 0 Å². The Kier molecular flexibility index (Phi) is 4.55. The van der Waals surface area contributed by atoms with E-state index in [1.807, 2.05) is 39.0 Å². The Morgan fingerprint density at radius 2 is 2.08 bits per heavy atom. The summed E-state index contributed by atoms with van der Waals surface area (Å²) in [5, 5.41) is 7.15. The van der Waals surface area contributed by atoms with E-state index in [2.05, 4.69) is 26.4 Å². The fourth-order valence-electron chi connectivity index (χ4n) is 2.87. The molecule has 0 saturated heterocycles. The SMILES string of the molecule is Cc1cccc(CNC(=O)CCc2c(C)nc3ncnn3c2C)c1. The quantitative estimate of drug-likeness (QED) is 0.782. The molecule has 6 heteroatoms. The van der Waals surface area contributed by atoms with Crippen molar-refractivity contribution in [1.29, 1.82) is 0 Å². The number of carbonyl (C=O) groups excluding carboxylic acids is 1. The Balaban J connectivity index is 1.62. The molecule has 0 radical (unpaired) electrons. The van der Waals surface area contributed by atoms with E-state index in [0.717, 1.165) is 22.5 Å². The minimum atomic E-state index is 0.0361. The average molecular weight is 323 g/mol. The fraction of sp³-hybridized carbons (Fsp3) is 0.333. The smallest absolute Gasteiger partial charge is 0.252 e. The highest BCUT2D eigenvalue weighted by molar-refractivity contribution is 5.76. The van der Waals surface area contributed by atoms with Crippen LogP contribution in [-0.2, 0) is 17.8 Å². The third-order valence-corrected chi connectivity index (χ3v) is 4.16. The van der Waals surface area contributed by atoms with Gasteiger partial charge in [-0.05, 0) is 38.3 Å². The maximum atomic E-state index is 12.1. The van der Waals surface area contributed by atoms with Crippen molar-refractivity contribution in [3.05, 3.63) is 58.7 Å². The third-order valence-electron chi connectivity index (χ3n) is 4.16. The van der Waals surface area contributed by atoms with Crippen LogP contribution in [0.15, 0.2) is 30.6 Å². The number of carbonyl (C=O) groups is 1. The highest BCUT2D eigenvalue weighted by atomic mass is 16.1. The zero-order valence-electron chi connectivity index (χ0n) is 14.2. The van der Waals surface area contributed by atoms with Crippen LogP contribution in [0.3, 0.4) is 0 Å². The summed E-state index contributed by atoms with van der Waals surface area (Å²) in [5.41, 5.74) is 5.25. The van der Waals surface area contributed by atoms with E-state index < -0.39 is 0 Å². The molecule has 3 rings (SSSR count). The fourth-order valence-corrected chi connectivity index (χ4v) is 2.87. The maximum absolute atomic E-state index is 12.1. The molecule has 2 heterocycles. The van der Waals surface area contributed by atoms with Gasteiger partial charge < -0.3 is 5.32 Å². The van der Waals surface area contributed by atoms with Crippen LogP contribution in [-0.4, -0.2) is 25.5 Å². The molecule has 124 valence electrons. The van der Waals surface area contributed by atoms with Gasteiger partial charge in [-0.15, -0.1) is 0 Å². The topological polar surface area (TPSA) is 72.2 Å². The van der Waals surface area contributed by atoms with Gasteiger partial charge in [0, 0.05) is 24.4 Å². The van der Waals surface area contributed by atoms with Gasteiger partial charge in [0.25, 0.3) is 5.78 Å². The minimum Gasteiger partial charge on any atom is -0.352 e. The van der Waals surface area contributed by atoms with E-state index in [4.69, 9.17) is 0 Å². The lowest BCUT2D eigenvalue weighted by molar-refractivity contribution is -0.121. The molecule has 0 saturated carbocycles. The standard InChI is InChI=1S/C18H21N5O/c1-12-5-4-6-15(9-12)10-19-17(24)8-7-16-13(2)22-18-20-11-21-23(18)14(16)3/h4-6,9,11H,7-8,10H2,1-3H3,(H,19,24). The molecular weight excluding hydrogens is 302 g/mol. The number of hydrogen-bond acceptors (Lipinski definition) is 4. The molecule has 1 amide bonds. The molecule has 24 heavy (non-hydrogen) atoms. The molecule has 0 spiro atoms. The molecule has 0 atom stereocenters. The first-order valence-corrected chi connectivity index (χ1v) is 8.02. The second kappa shape index (κ2) is 6.78. The first-order valence-electron chi connectivity index (χ1n) is 8.02. The first kappa shape index (κ1) is 16.1. The van der Waals surface area contributed by atoms with Gasteiger partial charge in [-0.1, -0.05) is 29.8 Å². The van der Waals surface area contributed by atoms with Gasteiger partial charge in [0.1, 0.15) is 6.33 Å². The third kappa shape index (κ3) is 3.42. The van der Waals surface area contributed by atoms with Crippen molar-refractivity contribution in [3.8, 4) is 0 Å². The largest absolute Gasteiger partial charge is 0.352 e. The highest BCUT2D eigenvalue weighted by Crippen LogP contribution is 2.15. The monoisotopic (exact) mass is 323 g/mol. The van der Waals surface area contributed by atoms with E-state index in [1.165, 1.54) is 11.9 Å². The molecule has 0 aliphatic rings. The molecule has 6 nitrogen and oxygen atoms in total. The first-order chi connectivity index (χ1) is 11.5. The number of rotatable bonds is 5. The van der Waals surface area contributed by atoms with Gasteiger partial charge in [-0.2, -0.15) is 10.1 Å². The number of aromatic nitrogens is 4. The summed E-state index contributed by atoms with van der Waals surface area (Å²) in [6.45, 7) is 6.53. The zero-order valence-corrected chi connectivity index (χ0v) is 14.2. The number of aryl methyl sites for hydroxylation is 3. The van der Waals surface area contributed by atoms with Crippen LogP contribution in [0.5, 0.6) is 0 Å². The van der Waals surface area contributed by atoms with Gasteiger partial charge in [0.15, 0.2) is 0 Å². The Morgan fingerprint density at radius 3 is 2.88 bits per heavy atom. The van der Waals surface area contributed by atoms with E-state index in [9.17, 15) is 4.79 Å². The van der Waals surface area contributed by atoms with Crippen molar-refractivity contribution in [2.45, 2.75) is 40.2 Å². The molecule has 0 bridgehead atoms. The van der Waals surface area contributed by atoms with Crippen LogP contribution in [0.1, 0.15) is 34.5 Å². The maximum Gasteiger partial charge on any atom is 0.252 e. The highest BCUT2D eigenvalue weighted by Gasteiger charge is 2.12. The number of hydrogen-bond donors (Lipinski definition) is 1.